The fourth-order valence-corrected chi connectivity index (χ4v) is 3.13. The Hall–Kier alpha value is -1.19. The van der Waals surface area contributed by atoms with Crippen molar-refractivity contribution in [1.82, 2.24) is 15.6 Å². The zero-order valence-electron chi connectivity index (χ0n) is 16.8. The van der Waals surface area contributed by atoms with Gasteiger partial charge in [-0.25, -0.2) is 4.98 Å². The minimum absolute atomic E-state index is 0. The summed E-state index contributed by atoms with van der Waals surface area (Å²) < 4.78 is 5.85. The van der Waals surface area contributed by atoms with Crippen LogP contribution in [0.4, 0.5) is 0 Å². The highest BCUT2D eigenvalue weighted by atomic mass is 127. The molecule has 0 saturated carbocycles. The number of guanidine groups is 1. The van der Waals surface area contributed by atoms with Crippen LogP contribution in [0.2, 0.25) is 0 Å². The molecule has 0 saturated heterocycles. The molecule has 0 aliphatic carbocycles. The van der Waals surface area contributed by atoms with Crippen LogP contribution < -0.4 is 10.6 Å². The number of halogens is 1. The molecule has 0 radical (unpaired) electrons. The highest BCUT2D eigenvalue weighted by Crippen LogP contribution is 2.13. The first kappa shape index (κ1) is 23.8. The van der Waals surface area contributed by atoms with Crippen molar-refractivity contribution in [3.8, 4) is 0 Å². The highest BCUT2D eigenvalue weighted by Gasteiger charge is 2.10. The van der Waals surface area contributed by atoms with E-state index in [1.807, 2.05) is 6.20 Å². The first-order valence-corrected chi connectivity index (χ1v) is 9.75. The van der Waals surface area contributed by atoms with Crippen LogP contribution in [-0.2, 0) is 24.3 Å². The Balaban J connectivity index is 0.00000364. The predicted octanol–water partition coefficient (Wildman–Crippen LogP) is 4.29. The number of aliphatic imine (C=N–C) groups is 1. The molecule has 1 aromatic heterocycles. The molecule has 1 heterocycles. The summed E-state index contributed by atoms with van der Waals surface area (Å²) in [7, 11) is 1.79. The van der Waals surface area contributed by atoms with Gasteiger partial charge in [0, 0.05) is 37.6 Å². The summed E-state index contributed by atoms with van der Waals surface area (Å²) in [5, 5.41) is 7.85. The molecule has 0 fully saturated rings. The fourth-order valence-electron chi connectivity index (χ4n) is 2.34. The maximum Gasteiger partial charge on any atom is 0.191 e. The number of ether oxygens (including phenoxy) is 1. The van der Waals surface area contributed by atoms with E-state index in [4.69, 9.17) is 4.74 Å². The summed E-state index contributed by atoms with van der Waals surface area (Å²) in [6.07, 6.45) is 2.82. The molecule has 0 unspecified atom stereocenters. The average molecular weight is 502 g/mol. The molecule has 0 aliphatic heterocycles. The second-order valence-corrected chi connectivity index (χ2v) is 8.51. The number of rotatable bonds is 7. The van der Waals surface area contributed by atoms with E-state index in [9.17, 15) is 0 Å². The van der Waals surface area contributed by atoms with Gasteiger partial charge >= 0.3 is 0 Å². The van der Waals surface area contributed by atoms with Gasteiger partial charge in [0.05, 0.1) is 17.2 Å². The number of nitrogens with zero attached hydrogens (tertiary/aromatic N) is 2. The van der Waals surface area contributed by atoms with E-state index in [0.717, 1.165) is 30.5 Å². The molecule has 0 amide bonds. The molecule has 0 bridgehead atoms. The first-order chi connectivity index (χ1) is 12.4. The van der Waals surface area contributed by atoms with Gasteiger partial charge in [0.2, 0.25) is 0 Å². The van der Waals surface area contributed by atoms with Gasteiger partial charge in [-0.15, -0.1) is 35.3 Å². The van der Waals surface area contributed by atoms with Crippen molar-refractivity contribution in [2.75, 3.05) is 13.6 Å². The molecule has 0 aliphatic rings. The number of hydrogen-bond acceptors (Lipinski definition) is 4. The van der Waals surface area contributed by atoms with Gasteiger partial charge in [-0.2, -0.15) is 0 Å². The van der Waals surface area contributed by atoms with Crippen LogP contribution in [0, 0.1) is 6.92 Å². The van der Waals surface area contributed by atoms with E-state index < -0.39 is 0 Å². The summed E-state index contributed by atoms with van der Waals surface area (Å²) >= 11 is 1.74. The Bertz CT molecular complexity index is 725. The van der Waals surface area contributed by atoms with Gasteiger partial charge < -0.3 is 15.4 Å². The summed E-state index contributed by atoms with van der Waals surface area (Å²) in [5.41, 5.74) is 2.26. The Morgan fingerprint density at radius 3 is 2.59 bits per heavy atom. The fraction of sp³-hybridized carbons (Fsp3) is 0.500. The van der Waals surface area contributed by atoms with Crippen LogP contribution in [0.3, 0.4) is 0 Å². The lowest BCUT2D eigenvalue weighted by atomic mass is 10.1. The molecule has 5 nitrogen and oxygen atoms in total. The van der Waals surface area contributed by atoms with Crippen LogP contribution in [0.5, 0.6) is 0 Å². The highest BCUT2D eigenvalue weighted by molar-refractivity contribution is 14.0. The van der Waals surface area contributed by atoms with Gasteiger partial charge in [0.25, 0.3) is 0 Å². The minimum atomic E-state index is -0.129. The van der Waals surface area contributed by atoms with E-state index in [1.54, 1.807) is 18.4 Å². The van der Waals surface area contributed by atoms with Gasteiger partial charge in [0.1, 0.15) is 0 Å². The monoisotopic (exact) mass is 502 g/mol. The first-order valence-electron chi connectivity index (χ1n) is 8.93. The second-order valence-electron chi connectivity index (χ2n) is 7.19. The summed E-state index contributed by atoms with van der Waals surface area (Å²) in [6.45, 7) is 10.4. The maximum absolute atomic E-state index is 5.85. The van der Waals surface area contributed by atoms with E-state index in [-0.39, 0.29) is 29.6 Å². The predicted molar refractivity (Wildman–Crippen MR) is 125 cm³/mol. The lowest BCUT2D eigenvalue weighted by Gasteiger charge is -2.19. The van der Waals surface area contributed by atoms with Crippen molar-refractivity contribution in [2.24, 2.45) is 4.99 Å². The van der Waals surface area contributed by atoms with Crippen molar-refractivity contribution in [3.05, 3.63) is 51.5 Å². The summed E-state index contributed by atoms with van der Waals surface area (Å²) in [5.74, 6) is 0.801. The lowest BCUT2D eigenvalue weighted by Crippen LogP contribution is -2.37. The third-order valence-electron chi connectivity index (χ3n) is 3.65. The SMILES string of the molecule is CN=C(NCCc1ncc(C)s1)NCc1cccc(COC(C)(C)C)c1.I. The Morgan fingerprint density at radius 1 is 1.22 bits per heavy atom. The van der Waals surface area contributed by atoms with Crippen molar-refractivity contribution < 1.29 is 4.74 Å². The number of hydrogen-bond donors (Lipinski definition) is 2. The maximum atomic E-state index is 5.85. The van der Waals surface area contributed by atoms with Crippen molar-refractivity contribution in [3.63, 3.8) is 0 Å². The molecular weight excluding hydrogens is 471 g/mol. The normalized spacial score (nSPS) is 11.8. The zero-order valence-corrected chi connectivity index (χ0v) is 20.0. The summed E-state index contributed by atoms with van der Waals surface area (Å²) in [4.78, 5) is 9.91. The molecule has 0 spiro atoms. The number of nitrogens with one attached hydrogen (secondary N) is 2. The van der Waals surface area contributed by atoms with E-state index in [2.05, 4.69) is 72.6 Å². The second kappa shape index (κ2) is 11.6. The smallest absolute Gasteiger partial charge is 0.191 e. The number of aryl methyl sites for hydroxylation is 1. The minimum Gasteiger partial charge on any atom is -0.371 e. The van der Waals surface area contributed by atoms with Crippen LogP contribution in [-0.4, -0.2) is 30.1 Å². The zero-order chi connectivity index (χ0) is 19.0. The topological polar surface area (TPSA) is 58.5 Å². The Kier molecular flexibility index (Phi) is 10.3. The largest absolute Gasteiger partial charge is 0.371 e. The molecular formula is C20H31IN4OS. The van der Waals surface area contributed by atoms with Crippen molar-refractivity contribution in [2.45, 2.75) is 52.9 Å². The van der Waals surface area contributed by atoms with E-state index in [1.165, 1.54) is 16.0 Å². The van der Waals surface area contributed by atoms with Crippen LogP contribution in [0.1, 0.15) is 41.8 Å². The molecule has 2 aromatic rings. The third kappa shape index (κ3) is 9.53. The van der Waals surface area contributed by atoms with E-state index in [0.29, 0.717) is 6.61 Å². The van der Waals surface area contributed by atoms with E-state index >= 15 is 0 Å². The Morgan fingerprint density at radius 2 is 1.96 bits per heavy atom. The van der Waals surface area contributed by atoms with Crippen LogP contribution in [0.25, 0.3) is 0 Å². The number of benzene rings is 1. The van der Waals surface area contributed by atoms with Gasteiger partial charge in [0.15, 0.2) is 5.96 Å². The Labute approximate surface area is 184 Å². The lowest BCUT2D eigenvalue weighted by molar-refractivity contribution is -0.0149. The molecule has 7 heteroatoms. The molecule has 2 rings (SSSR count). The third-order valence-corrected chi connectivity index (χ3v) is 4.62. The molecule has 150 valence electrons. The standard InChI is InChI=1S/C20H30N4OS.HI/c1-15-12-23-18(26-15)9-10-22-19(21-5)24-13-16-7-6-8-17(11-16)14-25-20(2,3)4;/h6-8,11-12H,9-10,13-14H2,1-5H3,(H2,21,22,24);1H. The van der Waals surface area contributed by atoms with Crippen LogP contribution >= 0.6 is 35.3 Å². The summed E-state index contributed by atoms with van der Waals surface area (Å²) in [6, 6.07) is 8.45. The van der Waals surface area contributed by atoms with Crippen molar-refractivity contribution in [1.29, 1.82) is 0 Å². The number of thiazole rings is 1. The molecule has 2 N–H and O–H groups in total. The number of aromatic nitrogens is 1. The molecule has 1 aromatic carbocycles. The quantitative estimate of drug-likeness (QED) is 0.337. The van der Waals surface area contributed by atoms with Crippen molar-refractivity contribution >= 4 is 41.3 Å². The molecule has 27 heavy (non-hydrogen) atoms. The van der Waals surface area contributed by atoms with Crippen LogP contribution in [0.15, 0.2) is 35.5 Å². The molecule has 0 atom stereocenters. The van der Waals surface area contributed by atoms with Gasteiger partial charge in [-0.3, -0.25) is 4.99 Å². The van der Waals surface area contributed by atoms with Gasteiger partial charge in [-0.1, -0.05) is 24.3 Å². The average Bonchev–Trinajstić information content (AvgIpc) is 3.01. The van der Waals surface area contributed by atoms with Gasteiger partial charge in [-0.05, 0) is 38.8 Å².